The van der Waals surface area contributed by atoms with E-state index in [2.05, 4.69) is 18.7 Å². The number of halogens is 2. The fourth-order valence-electron chi connectivity index (χ4n) is 3.93. The molecule has 0 saturated carbocycles. The van der Waals surface area contributed by atoms with Gasteiger partial charge in [0, 0.05) is 36.7 Å². The van der Waals surface area contributed by atoms with Crippen molar-refractivity contribution in [1.82, 2.24) is 9.80 Å². The molecule has 2 unspecified atom stereocenters. The maximum absolute atomic E-state index is 13.1. The molecule has 0 radical (unpaired) electrons. The van der Waals surface area contributed by atoms with E-state index in [0.29, 0.717) is 11.6 Å². The first-order valence-electron chi connectivity index (χ1n) is 9.92. The van der Waals surface area contributed by atoms with E-state index in [1.807, 2.05) is 43.0 Å². The van der Waals surface area contributed by atoms with Gasteiger partial charge in [0.1, 0.15) is 11.6 Å². The second kappa shape index (κ2) is 9.14. The molecule has 156 valence electrons. The van der Waals surface area contributed by atoms with Crippen LogP contribution >= 0.6 is 11.6 Å². The van der Waals surface area contributed by atoms with Crippen LogP contribution in [0.4, 0.5) is 4.39 Å². The Morgan fingerprint density at radius 3 is 2.34 bits per heavy atom. The summed E-state index contributed by atoms with van der Waals surface area (Å²) in [4.78, 5) is 17.1. The molecule has 0 aliphatic carbocycles. The van der Waals surface area contributed by atoms with Gasteiger partial charge in [-0.15, -0.1) is 0 Å². The topological polar surface area (TPSA) is 32.8 Å². The summed E-state index contributed by atoms with van der Waals surface area (Å²) in [7, 11) is 0. The van der Waals surface area contributed by atoms with E-state index in [0.717, 1.165) is 35.5 Å². The molecule has 1 aliphatic rings. The molecule has 2 aromatic rings. The molecule has 3 rings (SSSR count). The van der Waals surface area contributed by atoms with Crippen LogP contribution in [0.3, 0.4) is 0 Å². The second-order valence-electron chi connectivity index (χ2n) is 7.96. The average Bonchev–Trinajstić information content (AvgIpc) is 2.65. The summed E-state index contributed by atoms with van der Waals surface area (Å²) in [5, 5.41) is 0.665. The van der Waals surface area contributed by atoms with Gasteiger partial charge in [-0.05, 0) is 68.7 Å². The van der Waals surface area contributed by atoms with Crippen molar-refractivity contribution in [2.45, 2.75) is 46.3 Å². The van der Waals surface area contributed by atoms with Crippen LogP contribution in [0, 0.1) is 19.7 Å². The van der Waals surface area contributed by atoms with Crippen molar-refractivity contribution < 1.29 is 13.9 Å². The molecule has 1 saturated heterocycles. The van der Waals surface area contributed by atoms with Gasteiger partial charge in [-0.3, -0.25) is 9.69 Å². The first-order valence-corrected chi connectivity index (χ1v) is 10.3. The van der Waals surface area contributed by atoms with Crippen molar-refractivity contribution in [3.8, 4) is 5.75 Å². The number of hydrogen-bond donors (Lipinski definition) is 0. The van der Waals surface area contributed by atoms with Crippen molar-refractivity contribution in [2.24, 2.45) is 0 Å². The minimum Gasteiger partial charge on any atom is -0.483 e. The Labute approximate surface area is 177 Å². The van der Waals surface area contributed by atoms with Crippen LogP contribution < -0.4 is 4.74 Å². The van der Waals surface area contributed by atoms with Crippen molar-refractivity contribution in [1.29, 1.82) is 0 Å². The molecule has 29 heavy (non-hydrogen) atoms. The number of benzene rings is 2. The van der Waals surface area contributed by atoms with Gasteiger partial charge in [-0.2, -0.15) is 0 Å². The number of carbonyl (C=O) groups excluding carboxylic acids is 1. The molecule has 6 heteroatoms. The zero-order valence-corrected chi connectivity index (χ0v) is 18.2. The molecule has 2 aromatic carbocycles. The Morgan fingerprint density at radius 2 is 1.72 bits per heavy atom. The van der Waals surface area contributed by atoms with Crippen LogP contribution in [0.25, 0.3) is 0 Å². The highest BCUT2D eigenvalue weighted by Gasteiger charge is 2.32. The molecule has 2 atom stereocenters. The number of aryl methyl sites for hydroxylation is 2. The molecule has 0 bridgehead atoms. The van der Waals surface area contributed by atoms with Gasteiger partial charge >= 0.3 is 0 Å². The van der Waals surface area contributed by atoms with Gasteiger partial charge in [-0.1, -0.05) is 23.7 Å². The highest BCUT2D eigenvalue weighted by atomic mass is 35.5. The molecule has 0 aromatic heterocycles. The zero-order chi connectivity index (χ0) is 21.1. The van der Waals surface area contributed by atoms with E-state index in [9.17, 15) is 9.18 Å². The summed E-state index contributed by atoms with van der Waals surface area (Å²) >= 11 is 6.07. The highest BCUT2D eigenvalue weighted by molar-refractivity contribution is 6.30. The first-order chi connectivity index (χ1) is 13.7. The standard InChI is InChI=1S/C23H28ClFN2O2/c1-15-9-20(24)10-16(2)23(15)29-14-22(28)27-12-17(3)26(11-18(27)4)13-19-5-7-21(25)8-6-19/h5-10,17-18H,11-14H2,1-4H3. The Morgan fingerprint density at radius 1 is 1.10 bits per heavy atom. The molecule has 0 N–H and O–H groups in total. The van der Waals surface area contributed by atoms with Crippen LogP contribution in [-0.4, -0.2) is 47.5 Å². The average molecular weight is 419 g/mol. The lowest BCUT2D eigenvalue weighted by molar-refractivity contribution is -0.139. The summed E-state index contributed by atoms with van der Waals surface area (Å²) in [6.07, 6.45) is 0. The van der Waals surface area contributed by atoms with Gasteiger partial charge < -0.3 is 9.64 Å². The normalized spacial score (nSPS) is 20.0. The Bertz CT molecular complexity index is 849. The quantitative estimate of drug-likeness (QED) is 0.711. The van der Waals surface area contributed by atoms with Crippen molar-refractivity contribution >= 4 is 17.5 Å². The minimum absolute atomic E-state index is 0.0122. The van der Waals surface area contributed by atoms with Crippen LogP contribution in [-0.2, 0) is 11.3 Å². The third kappa shape index (κ3) is 5.28. The number of ether oxygens (including phenoxy) is 1. The summed E-state index contributed by atoms with van der Waals surface area (Å²) in [5.41, 5.74) is 2.92. The Kier molecular flexibility index (Phi) is 6.81. The summed E-state index contributed by atoms with van der Waals surface area (Å²) in [5.74, 6) is 0.481. The van der Waals surface area contributed by atoms with Crippen molar-refractivity contribution in [3.63, 3.8) is 0 Å². The largest absolute Gasteiger partial charge is 0.483 e. The predicted molar refractivity (Wildman–Crippen MR) is 114 cm³/mol. The lowest BCUT2D eigenvalue weighted by Gasteiger charge is -2.44. The van der Waals surface area contributed by atoms with E-state index in [4.69, 9.17) is 16.3 Å². The molecule has 4 nitrogen and oxygen atoms in total. The summed E-state index contributed by atoms with van der Waals surface area (Å²) in [6.45, 7) is 10.2. The number of nitrogens with zero attached hydrogens (tertiary/aromatic N) is 2. The monoisotopic (exact) mass is 418 g/mol. The number of piperazine rings is 1. The Hall–Kier alpha value is -2.11. The van der Waals surface area contributed by atoms with Gasteiger partial charge in [-0.25, -0.2) is 4.39 Å². The molecule has 0 spiro atoms. The molecule has 1 fully saturated rings. The Balaban J connectivity index is 1.59. The second-order valence-corrected chi connectivity index (χ2v) is 8.39. The van der Waals surface area contributed by atoms with E-state index in [-0.39, 0.29) is 30.4 Å². The number of rotatable bonds is 5. The molecule has 1 heterocycles. The van der Waals surface area contributed by atoms with Crippen LogP contribution in [0.1, 0.15) is 30.5 Å². The van der Waals surface area contributed by atoms with Crippen LogP contribution in [0.2, 0.25) is 5.02 Å². The van der Waals surface area contributed by atoms with Gasteiger partial charge in [0.2, 0.25) is 0 Å². The maximum Gasteiger partial charge on any atom is 0.260 e. The van der Waals surface area contributed by atoms with Crippen molar-refractivity contribution in [2.75, 3.05) is 19.7 Å². The van der Waals surface area contributed by atoms with E-state index in [1.165, 1.54) is 12.1 Å². The van der Waals surface area contributed by atoms with Gasteiger partial charge in [0.05, 0.1) is 0 Å². The third-order valence-electron chi connectivity index (χ3n) is 5.50. The van der Waals surface area contributed by atoms with Crippen LogP contribution in [0.15, 0.2) is 36.4 Å². The third-order valence-corrected chi connectivity index (χ3v) is 5.72. The molecule has 1 amide bonds. The van der Waals surface area contributed by atoms with Gasteiger partial charge in [0.15, 0.2) is 6.61 Å². The predicted octanol–water partition coefficient (Wildman–Crippen LogP) is 4.60. The molecular formula is C23H28ClFN2O2. The maximum atomic E-state index is 13.1. The number of amides is 1. The highest BCUT2D eigenvalue weighted by Crippen LogP contribution is 2.27. The van der Waals surface area contributed by atoms with Crippen molar-refractivity contribution in [3.05, 3.63) is 63.9 Å². The first kappa shape index (κ1) is 21.6. The fourth-order valence-corrected chi connectivity index (χ4v) is 4.26. The number of hydrogen-bond acceptors (Lipinski definition) is 3. The zero-order valence-electron chi connectivity index (χ0n) is 17.4. The lowest BCUT2D eigenvalue weighted by atomic mass is 10.1. The molecular weight excluding hydrogens is 391 g/mol. The smallest absolute Gasteiger partial charge is 0.260 e. The minimum atomic E-state index is -0.225. The number of carbonyl (C=O) groups is 1. The van der Waals surface area contributed by atoms with E-state index >= 15 is 0 Å². The summed E-state index contributed by atoms with van der Waals surface area (Å²) in [6, 6.07) is 10.6. The lowest BCUT2D eigenvalue weighted by Crippen LogP contribution is -2.58. The van der Waals surface area contributed by atoms with E-state index < -0.39 is 0 Å². The van der Waals surface area contributed by atoms with Crippen LogP contribution in [0.5, 0.6) is 5.75 Å². The van der Waals surface area contributed by atoms with E-state index in [1.54, 1.807) is 0 Å². The molecule has 1 aliphatic heterocycles. The van der Waals surface area contributed by atoms with Gasteiger partial charge in [0.25, 0.3) is 5.91 Å². The SMILES string of the molecule is Cc1cc(Cl)cc(C)c1OCC(=O)N1CC(C)N(Cc2ccc(F)cc2)CC1C. The fraction of sp³-hybridized carbons (Fsp3) is 0.435. The summed E-state index contributed by atoms with van der Waals surface area (Å²) < 4.78 is 19.0.